The van der Waals surface area contributed by atoms with E-state index >= 15 is 0 Å². The number of nitrogens with one attached hydrogen (secondary N) is 2. The second kappa shape index (κ2) is 9.59. The van der Waals surface area contributed by atoms with Crippen LogP contribution in [0.5, 0.6) is 0 Å². The van der Waals surface area contributed by atoms with E-state index in [4.69, 9.17) is 20.9 Å². The van der Waals surface area contributed by atoms with E-state index in [1.165, 1.54) is 10.9 Å². The van der Waals surface area contributed by atoms with Crippen LogP contribution in [0.2, 0.25) is 5.28 Å². The van der Waals surface area contributed by atoms with Crippen LogP contribution in [-0.4, -0.2) is 74.4 Å². The molecule has 0 aliphatic carbocycles. The lowest BCUT2D eigenvalue weighted by atomic mass is 9.92. The summed E-state index contributed by atoms with van der Waals surface area (Å²) in [5.41, 5.74) is 0.929. The summed E-state index contributed by atoms with van der Waals surface area (Å²) in [6.07, 6.45) is -3.29. The number of aromatic nitrogens is 5. The van der Waals surface area contributed by atoms with Gasteiger partial charge in [0.15, 0.2) is 29.0 Å². The van der Waals surface area contributed by atoms with Gasteiger partial charge >= 0.3 is 0 Å². The molecule has 4 rings (SSSR count). The zero-order chi connectivity index (χ0) is 25.5. The molecule has 4 N–H and O–H groups in total. The summed E-state index contributed by atoms with van der Waals surface area (Å²) in [4.78, 5) is 12.6. The standard InChI is InChI=1S/C20H28ClN7O6S/c1-5-24-35(31,32)7-6-22-16-12-17(26-19(21)25-16)28(9-23-12)18-14(30)13(29)15(33-18)10-8-11(27-34-10)20(2,3)4/h8-9,13-15,18,24,29-30H,5-7H2,1-4H3,(H,22,25,26)/t13-,14-,15+,18+/m0/s1. The maximum absolute atomic E-state index is 11.9. The Morgan fingerprint density at radius 1 is 1.23 bits per heavy atom. The van der Waals surface area contributed by atoms with Gasteiger partial charge in [-0.3, -0.25) is 4.57 Å². The van der Waals surface area contributed by atoms with Crippen molar-refractivity contribution < 1.29 is 27.9 Å². The highest BCUT2D eigenvalue weighted by atomic mass is 35.5. The van der Waals surface area contributed by atoms with E-state index in [9.17, 15) is 18.6 Å². The van der Waals surface area contributed by atoms with Gasteiger partial charge in [0.25, 0.3) is 0 Å². The van der Waals surface area contributed by atoms with E-state index < -0.39 is 34.6 Å². The number of hydrogen-bond donors (Lipinski definition) is 4. The summed E-state index contributed by atoms with van der Waals surface area (Å²) in [5, 5.41) is 28.3. The molecule has 3 aromatic heterocycles. The normalized spacial score (nSPS) is 23.3. The summed E-state index contributed by atoms with van der Waals surface area (Å²) >= 11 is 6.10. The SMILES string of the molecule is CCNS(=O)(=O)CCNc1nc(Cl)nc2c1ncn2[C@@H]1O[C@H](c2cc(C(C)(C)C)no2)[C@@H](O)[C@@H]1O. The minimum Gasteiger partial charge on any atom is -0.387 e. The third-order valence-corrected chi connectivity index (χ3v) is 7.15. The number of aliphatic hydroxyl groups is 2. The zero-order valence-electron chi connectivity index (χ0n) is 19.6. The molecule has 1 fully saturated rings. The summed E-state index contributed by atoms with van der Waals surface area (Å²) in [6.45, 7) is 7.95. The first kappa shape index (κ1) is 25.7. The highest BCUT2D eigenvalue weighted by molar-refractivity contribution is 7.89. The van der Waals surface area contributed by atoms with Crippen molar-refractivity contribution in [3.8, 4) is 0 Å². The van der Waals surface area contributed by atoms with Gasteiger partial charge in [0.05, 0.1) is 17.8 Å². The van der Waals surface area contributed by atoms with Crippen LogP contribution in [0.4, 0.5) is 5.82 Å². The predicted molar refractivity (Wildman–Crippen MR) is 126 cm³/mol. The molecule has 13 nitrogen and oxygen atoms in total. The molecule has 1 saturated heterocycles. The number of sulfonamides is 1. The third-order valence-electron chi connectivity index (χ3n) is 5.51. The van der Waals surface area contributed by atoms with E-state index in [1.807, 2.05) is 20.8 Å². The van der Waals surface area contributed by atoms with Crippen LogP contribution < -0.4 is 10.0 Å². The Bertz CT molecular complexity index is 1310. The predicted octanol–water partition coefficient (Wildman–Crippen LogP) is 1.11. The van der Waals surface area contributed by atoms with Crippen molar-refractivity contribution in [1.82, 2.24) is 29.4 Å². The number of nitrogens with zero attached hydrogens (tertiary/aromatic N) is 5. The topological polar surface area (TPSA) is 178 Å². The van der Waals surface area contributed by atoms with Gasteiger partial charge in [-0.1, -0.05) is 32.9 Å². The molecule has 192 valence electrons. The number of hydrogen-bond acceptors (Lipinski definition) is 11. The highest BCUT2D eigenvalue weighted by Crippen LogP contribution is 2.41. The number of halogens is 1. The molecule has 0 spiro atoms. The number of rotatable bonds is 8. The Balaban J connectivity index is 1.59. The first-order valence-corrected chi connectivity index (χ1v) is 13.0. The Labute approximate surface area is 206 Å². The third kappa shape index (κ3) is 5.27. The molecule has 15 heteroatoms. The Kier molecular flexibility index (Phi) is 7.05. The van der Waals surface area contributed by atoms with Crippen molar-refractivity contribution in [2.45, 2.75) is 57.6 Å². The van der Waals surface area contributed by atoms with Gasteiger partial charge in [-0.05, 0) is 11.6 Å². The summed E-state index contributed by atoms with van der Waals surface area (Å²) in [7, 11) is -3.44. The first-order chi connectivity index (χ1) is 16.4. The van der Waals surface area contributed by atoms with Crippen molar-refractivity contribution >= 4 is 38.6 Å². The molecule has 0 radical (unpaired) electrons. The number of aliphatic hydroxyl groups excluding tert-OH is 2. The molecular formula is C20H28ClN7O6S. The smallest absolute Gasteiger partial charge is 0.226 e. The van der Waals surface area contributed by atoms with E-state index in [0.29, 0.717) is 17.8 Å². The zero-order valence-corrected chi connectivity index (χ0v) is 21.2. The lowest BCUT2D eigenvalue weighted by Crippen LogP contribution is -2.29. The van der Waals surface area contributed by atoms with Crippen LogP contribution in [0.25, 0.3) is 11.2 Å². The molecule has 1 aliphatic heterocycles. The Morgan fingerprint density at radius 3 is 2.63 bits per heavy atom. The van der Waals surface area contributed by atoms with Gasteiger partial charge in [-0.15, -0.1) is 0 Å². The molecule has 0 amide bonds. The van der Waals surface area contributed by atoms with Crippen molar-refractivity contribution in [1.29, 1.82) is 0 Å². The molecule has 3 aromatic rings. The monoisotopic (exact) mass is 529 g/mol. The average Bonchev–Trinajstić information content (AvgIpc) is 3.46. The maximum atomic E-state index is 11.9. The van der Waals surface area contributed by atoms with Crippen molar-refractivity contribution in [2.75, 3.05) is 24.2 Å². The van der Waals surface area contributed by atoms with Crippen LogP contribution in [0, 0.1) is 0 Å². The molecule has 0 bridgehead atoms. The van der Waals surface area contributed by atoms with Crippen molar-refractivity contribution in [3.05, 3.63) is 29.1 Å². The van der Waals surface area contributed by atoms with E-state index in [2.05, 4.69) is 30.1 Å². The van der Waals surface area contributed by atoms with E-state index in [-0.39, 0.29) is 40.2 Å². The Hall–Kier alpha value is -2.36. The number of fused-ring (bicyclic) bond motifs is 1. The van der Waals surface area contributed by atoms with Crippen molar-refractivity contribution in [2.24, 2.45) is 0 Å². The van der Waals surface area contributed by atoms with Crippen LogP contribution >= 0.6 is 11.6 Å². The lowest BCUT2D eigenvalue weighted by molar-refractivity contribution is -0.0434. The second-order valence-corrected chi connectivity index (χ2v) is 11.5. The average molecular weight is 530 g/mol. The minimum atomic E-state index is -3.44. The summed E-state index contributed by atoms with van der Waals surface area (Å²) in [6, 6.07) is 1.69. The molecule has 1 aliphatic rings. The quantitative estimate of drug-likeness (QED) is 0.307. The number of ether oxygens (including phenoxy) is 1. The Morgan fingerprint density at radius 2 is 1.97 bits per heavy atom. The second-order valence-electron chi connectivity index (χ2n) is 9.20. The van der Waals surface area contributed by atoms with Gasteiger partial charge in [-0.2, -0.15) is 9.97 Å². The first-order valence-electron chi connectivity index (χ1n) is 11.0. The molecule has 4 atom stereocenters. The van der Waals surface area contributed by atoms with Crippen LogP contribution in [0.3, 0.4) is 0 Å². The molecule has 4 heterocycles. The number of imidazole rings is 1. The highest BCUT2D eigenvalue weighted by Gasteiger charge is 2.47. The van der Waals surface area contributed by atoms with Gasteiger partial charge in [-0.25, -0.2) is 18.1 Å². The summed E-state index contributed by atoms with van der Waals surface area (Å²) in [5.74, 6) is 0.321. The van der Waals surface area contributed by atoms with Crippen LogP contribution in [-0.2, 0) is 20.2 Å². The molecule has 0 saturated carbocycles. The molecule has 35 heavy (non-hydrogen) atoms. The van der Waals surface area contributed by atoms with Crippen LogP contribution in [0.1, 0.15) is 51.5 Å². The maximum Gasteiger partial charge on any atom is 0.226 e. The van der Waals surface area contributed by atoms with Gasteiger partial charge < -0.3 is 24.8 Å². The fourth-order valence-corrected chi connectivity index (χ4v) is 4.82. The lowest BCUT2D eigenvalue weighted by Gasteiger charge is -2.16. The number of anilines is 1. The van der Waals surface area contributed by atoms with E-state index in [1.54, 1.807) is 13.0 Å². The van der Waals surface area contributed by atoms with Gasteiger partial charge in [0.1, 0.15) is 18.3 Å². The van der Waals surface area contributed by atoms with Gasteiger partial charge in [0.2, 0.25) is 15.3 Å². The van der Waals surface area contributed by atoms with Crippen LogP contribution in [0.15, 0.2) is 16.9 Å². The minimum absolute atomic E-state index is 0.0512. The molecular weight excluding hydrogens is 502 g/mol. The molecule has 0 unspecified atom stereocenters. The largest absolute Gasteiger partial charge is 0.387 e. The van der Waals surface area contributed by atoms with E-state index in [0.717, 1.165) is 0 Å². The fourth-order valence-electron chi connectivity index (χ4n) is 3.70. The summed E-state index contributed by atoms with van der Waals surface area (Å²) < 4.78 is 39.0. The van der Waals surface area contributed by atoms with Crippen molar-refractivity contribution in [3.63, 3.8) is 0 Å². The molecule has 0 aromatic carbocycles. The fraction of sp³-hybridized carbons (Fsp3) is 0.600. The van der Waals surface area contributed by atoms with Gasteiger partial charge in [0, 0.05) is 24.6 Å².